The second-order valence-electron chi connectivity index (χ2n) is 5.02. The Kier molecular flexibility index (Phi) is 8.22. The van der Waals surface area contributed by atoms with Crippen molar-refractivity contribution >= 4 is 22.2 Å². The number of hydrogen-bond donors (Lipinski definition) is 4. The van der Waals surface area contributed by atoms with E-state index < -0.39 is 28.1 Å². The van der Waals surface area contributed by atoms with Crippen LogP contribution in [0.3, 0.4) is 0 Å². The monoisotopic (exact) mass is 324 g/mol. The van der Waals surface area contributed by atoms with Crippen LogP contribution in [-0.2, 0) is 15.0 Å². The van der Waals surface area contributed by atoms with Crippen molar-refractivity contribution in [3.63, 3.8) is 0 Å². The van der Waals surface area contributed by atoms with E-state index in [1.807, 2.05) is 0 Å². The number of carboxylic acids is 1. The van der Waals surface area contributed by atoms with Crippen molar-refractivity contribution in [3.8, 4) is 0 Å². The minimum atomic E-state index is -3.57. The first-order valence-corrected chi connectivity index (χ1v) is 8.02. The molecule has 124 valence electrons. The van der Waals surface area contributed by atoms with E-state index in [9.17, 15) is 18.0 Å². The molecule has 0 aromatic carbocycles. The molecule has 0 bridgehead atoms. The zero-order valence-corrected chi connectivity index (χ0v) is 13.5. The molecule has 21 heavy (non-hydrogen) atoms. The van der Waals surface area contributed by atoms with Crippen molar-refractivity contribution in [2.24, 2.45) is 5.92 Å². The summed E-state index contributed by atoms with van der Waals surface area (Å²) >= 11 is 0. The molecule has 2 amide bonds. The van der Waals surface area contributed by atoms with Gasteiger partial charge in [-0.15, -0.1) is 0 Å². The van der Waals surface area contributed by atoms with Gasteiger partial charge in [0.05, 0.1) is 5.92 Å². The van der Waals surface area contributed by atoms with Crippen LogP contribution in [0.25, 0.3) is 0 Å². The second kappa shape index (κ2) is 8.80. The molecule has 0 aliphatic carbocycles. The number of nitrogens with one attached hydrogen (secondary N) is 3. The maximum Gasteiger partial charge on any atom is 0.317 e. The second-order valence-corrected chi connectivity index (χ2v) is 6.55. The highest BCUT2D eigenvalue weighted by molar-refractivity contribution is 7.87. The van der Waals surface area contributed by atoms with Crippen molar-refractivity contribution in [1.29, 1.82) is 0 Å². The van der Waals surface area contributed by atoms with Gasteiger partial charge in [0.2, 0.25) is 0 Å². The van der Waals surface area contributed by atoms with E-state index in [0.29, 0.717) is 0 Å². The molecule has 0 saturated heterocycles. The zero-order chi connectivity index (χ0) is 16.6. The topological polar surface area (TPSA) is 128 Å². The number of aliphatic carboxylic acids is 1. The minimum Gasteiger partial charge on any atom is -0.481 e. The van der Waals surface area contributed by atoms with E-state index >= 15 is 0 Å². The van der Waals surface area contributed by atoms with Crippen molar-refractivity contribution in [2.75, 3.05) is 26.7 Å². The lowest BCUT2D eigenvalue weighted by molar-refractivity contribution is -0.141. The zero-order valence-electron chi connectivity index (χ0n) is 12.7. The standard InChI is InChI=1S/C11H24N4O5S/c1-8(2)14-21(19,20)13-6-5-12-11(18)15(4)7-9(3)10(16)17/h8-9,13-14H,5-7H2,1-4H3,(H,12,18)(H,16,17). The molecule has 0 aliphatic heterocycles. The van der Waals surface area contributed by atoms with Gasteiger partial charge in [-0.3, -0.25) is 4.79 Å². The van der Waals surface area contributed by atoms with E-state index in [0.717, 1.165) is 0 Å². The molecule has 0 spiro atoms. The van der Waals surface area contributed by atoms with Crippen LogP contribution in [-0.4, -0.2) is 63.1 Å². The summed E-state index contributed by atoms with van der Waals surface area (Å²) < 4.78 is 27.5. The Morgan fingerprint density at radius 3 is 2.24 bits per heavy atom. The van der Waals surface area contributed by atoms with Gasteiger partial charge in [-0.05, 0) is 13.8 Å². The van der Waals surface area contributed by atoms with Gasteiger partial charge in [0.15, 0.2) is 0 Å². The summed E-state index contributed by atoms with van der Waals surface area (Å²) in [5.41, 5.74) is 0. The average molecular weight is 324 g/mol. The predicted molar refractivity (Wildman–Crippen MR) is 78.0 cm³/mol. The first-order valence-electron chi connectivity index (χ1n) is 6.54. The van der Waals surface area contributed by atoms with Gasteiger partial charge in [0.25, 0.3) is 10.2 Å². The van der Waals surface area contributed by atoms with Crippen molar-refractivity contribution in [2.45, 2.75) is 26.8 Å². The summed E-state index contributed by atoms with van der Waals surface area (Å²) in [4.78, 5) is 23.5. The molecule has 0 saturated carbocycles. The molecule has 0 heterocycles. The molecular weight excluding hydrogens is 300 g/mol. The van der Waals surface area contributed by atoms with Crippen LogP contribution >= 0.6 is 0 Å². The van der Waals surface area contributed by atoms with Gasteiger partial charge >= 0.3 is 12.0 Å². The van der Waals surface area contributed by atoms with Gasteiger partial charge in [0.1, 0.15) is 0 Å². The highest BCUT2D eigenvalue weighted by Gasteiger charge is 2.17. The minimum absolute atomic E-state index is 0.0378. The summed E-state index contributed by atoms with van der Waals surface area (Å²) in [5.74, 6) is -1.66. The maximum atomic E-state index is 11.6. The van der Waals surface area contributed by atoms with Gasteiger partial charge in [0, 0.05) is 32.7 Å². The molecule has 0 aromatic heterocycles. The summed E-state index contributed by atoms with van der Waals surface area (Å²) in [6, 6.07) is -0.681. The molecular formula is C11H24N4O5S. The molecule has 10 heteroatoms. The summed E-state index contributed by atoms with van der Waals surface area (Å²) in [6.07, 6.45) is 0. The Morgan fingerprint density at radius 1 is 1.19 bits per heavy atom. The van der Waals surface area contributed by atoms with Crippen LogP contribution in [0.15, 0.2) is 0 Å². The van der Waals surface area contributed by atoms with E-state index in [1.165, 1.54) is 18.9 Å². The number of amides is 2. The smallest absolute Gasteiger partial charge is 0.317 e. The fourth-order valence-electron chi connectivity index (χ4n) is 1.41. The molecule has 1 atom stereocenters. The van der Waals surface area contributed by atoms with Crippen LogP contribution in [0.1, 0.15) is 20.8 Å². The third-order valence-corrected chi connectivity index (χ3v) is 3.77. The lowest BCUT2D eigenvalue weighted by atomic mass is 10.2. The van der Waals surface area contributed by atoms with E-state index in [-0.39, 0.29) is 25.7 Å². The third-order valence-electron chi connectivity index (χ3n) is 2.40. The fraction of sp³-hybridized carbons (Fsp3) is 0.818. The number of rotatable bonds is 9. The number of carbonyl (C=O) groups excluding carboxylic acids is 1. The van der Waals surface area contributed by atoms with Gasteiger partial charge in [-0.1, -0.05) is 6.92 Å². The number of urea groups is 1. The Bertz CT molecular complexity index is 452. The number of carboxylic acid groups (broad SMARTS) is 1. The van der Waals surface area contributed by atoms with Crippen LogP contribution in [0.5, 0.6) is 0 Å². The van der Waals surface area contributed by atoms with Crippen LogP contribution in [0.4, 0.5) is 4.79 Å². The van der Waals surface area contributed by atoms with Crippen LogP contribution in [0, 0.1) is 5.92 Å². The molecule has 0 radical (unpaired) electrons. The summed E-state index contributed by atoms with van der Waals surface area (Å²) in [5, 5.41) is 11.2. The number of hydrogen-bond acceptors (Lipinski definition) is 4. The lowest BCUT2D eigenvalue weighted by Crippen LogP contribution is -2.46. The van der Waals surface area contributed by atoms with Crippen LogP contribution < -0.4 is 14.8 Å². The molecule has 4 N–H and O–H groups in total. The first-order chi connectivity index (χ1) is 9.55. The molecule has 0 fully saturated rings. The number of nitrogens with zero attached hydrogens (tertiary/aromatic N) is 1. The van der Waals surface area contributed by atoms with Gasteiger partial charge < -0.3 is 15.3 Å². The van der Waals surface area contributed by atoms with Crippen molar-refractivity contribution in [3.05, 3.63) is 0 Å². The van der Waals surface area contributed by atoms with Crippen molar-refractivity contribution < 1.29 is 23.1 Å². The molecule has 9 nitrogen and oxygen atoms in total. The molecule has 1 unspecified atom stereocenters. The van der Waals surface area contributed by atoms with Crippen molar-refractivity contribution in [1.82, 2.24) is 19.7 Å². The average Bonchev–Trinajstić information content (AvgIpc) is 2.32. The highest BCUT2D eigenvalue weighted by Crippen LogP contribution is 1.98. The van der Waals surface area contributed by atoms with E-state index in [4.69, 9.17) is 5.11 Å². The number of carbonyl (C=O) groups is 2. The van der Waals surface area contributed by atoms with Gasteiger partial charge in [-0.25, -0.2) is 9.52 Å². The van der Waals surface area contributed by atoms with Gasteiger partial charge in [-0.2, -0.15) is 13.1 Å². The lowest BCUT2D eigenvalue weighted by Gasteiger charge is -2.20. The van der Waals surface area contributed by atoms with E-state index in [2.05, 4.69) is 14.8 Å². The normalized spacial score (nSPS) is 13.0. The maximum absolute atomic E-state index is 11.6. The Hall–Kier alpha value is -1.39. The largest absolute Gasteiger partial charge is 0.481 e. The summed E-state index contributed by atoms with van der Waals surface area (Å²) in [6.45, 7) is 5.10. The fourth-order valence-corrected chi connectivity index (χ4v) is 2.49. The molecule has 0 aliphatic rings. The SMILES string of the molecule is CC(C)NS(=O)(=O)NCCNC(=O)N(C)CC(C)C(=O)O. The summed E-state index contributed by atoms with van der Waals surface area (Å²) in [7, 11) is -2.10. The predicted octanol–water partition coefficient (Wildman–Crippen LogP) is -0.819. The Balaban J connectivity index is 4.02. The molecule has 0 rings (SSSR count). The Morgan fingerprint density at radius 2 is 1.76 bits per heavy atom. The Labute approximate surface area is 125 Å². The quantitative estimate of drug-likeness (QED) is 0.412. The molecule has 0 aromatic rings. The highest BCUT2D eigenvalue weighted by atomic mass is 32.2. The third kappa shape index (κ3) is 9.21. The van der Waals surface area contributed by atoms with E-state index in [1.54, 1.807) is 13.8 Å². The van der Waals surface area contributed by atoms with Crippen LogP contribution in [0.2, 0.25) is 0 Å². The first kappa shape index (κ1) is 19.6.